The second-order valence-electron chi connectivity index (χ2n) is 8.00. The first kappa shape index (κ1) is 32.8. The van der Waals surface area contributed by atoms with Crippen LogP contribution < -0.4 is 0 Å². The molecule has 0 aliphatic heterocycles. The largest absolute Gasteiger partial charge is 0.512 e. The first-order valence-corrected chi connectivity index (χ1v) is 11.6. The number of para-hydroxylation sites is 2. The van der Waals surface area contributed by atoms with Crippen LogP contribution in [0.4, 0.5) is 0 Å². The molecule has 3 N–H and O–H groups in total. The molecule has 0 saturated heterocycles. The number of ketones is 2. The van der Waals surface area contributed by atoms with Crippen molar-refractivity contribution >= 4 is 55.4 Å². The number of carbonyl (C=O) groups is 2. The molecule has 2 aromatic carbocycles. The number of allylic oxidation sites excluding steroid dienone is 4. The standard InChI is InChI=1S/C18H10N4.2C5H8O2.CH4O.Co/c1-2-8-14-13(7-1)21-17-11-5-3-9-19-15(11)16-12(18(17)22-14)6-4-10-20-16;2*1-4(6)3-5(2)7;1-2;/h1-10H;2*3,6H,1-2H3;2H,1H3;/b;4-3+;4-3-;;. The summed E-state index contributed by atoms with van der Waals surface area (Å²) < 4.78 is 0. The Morgan fingerprint density at radius 3 is 1.26 bits per heavy atom. The number of nitrogens with zero attached hydrogens (tertiary/aromatic N) is 4. The molecule has 9 nitrogen and oxygen atoms in total. The Labute approximate surface area is 236 Å². The molecule has 0 aliphatic rings. The number of rotatable bonds is 2. The average Bonchev–Trinajstić information content (AvgIpc) is 2.88. The van der Waals surface area contributed by atoms with Crippen LogP contribution in [0.5, 0.6) is 0 Å². The number of carbonyl (C=O) groups excluding carboxylic acids is 2. The predicted molar refractivity (Wildman–Crippen MR) is 150 cm³/mol. The SMILES string of the molecule is CC(=O)/C=C(/C)O.CC(=O)/C=C(\C)O.CO.[Co].c1ccc2nc3c4cccnc4c4ncccc4c3nc2c1. The van der Waals surface area contributed by atoms with E-state index in [1.165, 1.54) is 39.8 Å². The van der Waals surface area contributed by atoms with Crippen LogP contribution in [-0.4, -0.2) is 53.9 Å². The molecular formula is C29H30CoN4O5. The smallest absolute Gasteiger partial charge is 0.155 e. The molecule has 0 saturated carbocycles. The quantitative estimate of drug-likeness (QED) is 0.107. The van der Waals surface area contributed by atoms with Gasteiger partial charge in [-0.1, -0.05) is 12.1 Å². The number of fused-ring (bicyclic) bond motifs is 7. The molecular weight excluding hydrogens is 543 g/mol. The van der Waals surface area contributed by atoms with Gasteiger partial charge < -0.3 is 15.3 Å². The molecule has 10 heteroatoms. The summed E-state index contributed by atoms with van der Waals surface area (Å²) in [5.41, 5.74) is 5.28. The maximum absolute atomic E-state index is 10.0. The van der Waals surface area contributed by atoms with Crippen LogP contribution >= 0.6 is 0 Å². The number of hydrogen-bond acceptors (Lipinski definition) is 9. The number of aromatic nitrogens is 4. The van der Waals surface area contributed by atoms with Crippen molar-refractivity contribution in [1.82, 2.24) is 19.9 Å². The Balaban J connectivity index is 0.000000377. The van der Waals surface area contributed by atoms with E-state index in [1.54, 1.807) is 12.4 Å². The van der Waals surface area contributed by atoms with Crippen LogP contribution in [0, 0.1) is 0 Å². The van der Waals surface area contributed by atoms with Gasteiger partial charge in [0, 0.05) is 59.2 Å². The molecule has 39 heavy (non-hydrogen) atoms. The first-order chi connectivity index (χ1) is 18.2. The summed E-state index contributed by atoms with van der Waals surface area (Å²) in [4.78, 5) is 38.7. The van der Waals surface area contributed by atoms with Crippen LogP contribution in [0.15, 0.2) is 84.6 Å². The monoisotopic (exact) mass is 573 g/mol. The summed E-state index contributed by atoms with van der Waals surface area (Å²) in [5.74, 6) is -0.125. The van der Waals surface area contributed by atoms with Gasteiger partial charge in [0.15, 0.2) is 11.6 Å². The normalized spacial score (nSPS) is 10.8. The zero-order valence-corrected chi connectivity index (χ0v) is 23.2. The van der Waals surface area contributed by atoms with Crippen molar-refractivity contribution in [2.75, 3.05) is 7.11 Å². The van der Waals surface area contributed by atoms with Gasteiger partial charge in [-0.2, -0.15) is 0 Å². The third-order valence-corrected chi connectivity index (χ3v) is 4.74. The molecule has 0 fully saturated rings. The minimum absolute atomic E-state index is 0. The molecule has 5 rings (SSSR count). The van der Waals surface area contributed by atoms with Crippen molar-refractivity contribution in [3.63, 3.8) is 0 Å². The van der Waals surface area contributed by atoms with E-state index in [9.17, 15) is 9.59 Å². The second kappa shape index (κ2) is 15.9. The van der Waals surface area contributed by atoms with Crippen molar-refractivity contribution in [1.29, 1.82) is 0 Å². The van der Waals surface area contributed by atoms with Gasteiger partial charge in [-0.05, 0) is 64.1 Å². The summed E-state index contributed by atoms with van der Waals surface area (Å²) >= 11 is 0. The fourth-order valence-electron chi connectivity index (χ4n) is 3.53. The van der Waals surface area contributed by atoms with Gasteiger partial charge in [-0.25, -0.2) is 9.97 Å². The van der Waals surface area contributed by atoms with Gasteiger partial charge >= 0.3 is 0 Å². The number of pyridine rings is 2. The van der Waals surface area contributed by atoms with Crippen molar-refractivity contribution in [2.24, 2.45) is 0 Å². The Hall–Kier alpha value is -4.25. The van der Waals surface area contributed by atoms with Crippen molar-refractivity contribution < 1.29 is 41.7 Å². The average molecular weight is 574 g/mol. The molecule has 205 valence electrons. The first-order valence-electron chi connectivity index (χ1n) is 11.6. The molecule has 1 radical (unpaired) electrons. The second-order valence-corrected chi connectivity index (χ2v) is 8.00. The van der Waals surface area contributed by atoms with Crippen LogP contribution in [0.1, 0.15) is 27.7 Å². The van der Waals surface area contributed by atoms with Gasteiger partial charge in [0.05, 0.1) is 44.6 Å². The van der Waals surface area contributed by atoms with E-state index in [-0.39, 0.29) is 39.9 Å². The van der Waals surface area contributed by atoms with E-state index < -0.39 is 0 Å². The minimum atomic E-state index is -0.125. The fraction of sp³-hybridized carbons (Fsp3) is 0.172. The number of aliphatic hydroxyl groups excluding tert-OH is 3. The van der Waals surface area contributed by atoms with Crippen molar-refractivity contribution in [3.05, 3.63) is 84.6 Å². The van der Waals surface area contributed by atoms with E-state index in [0.29, 0.717) is 0 Å². The van der Waals surface area contributed by atoms with E-state index in [0.717, 1.165) is 51.0 Å². The summed E-state index contributed by atoms with van der Waals surface area (Å²) in [6, 6.07) is 15.8. The maximum Gasteiger partial charge on any atom is 0.155 e. The Kier molecular flexibility index (Phi) is 13.3. The van der Waals surface area contributed by atoms with E-state index in [2.05, 4.69) is 9.97 Å². The van der Waals surface area contributed by atoms with Crippen LogP contribution in [0.2, 0.25) is 0 Å². The van der Waals surface area contributed by atoms with Gasteiger partial charge in [0.25, 0.3) is 0 Å². The number of benzene rings is 2. The number of aliphatic hydroxyl groups is 3. The van der Waals surface area contributed by atoms with Gasteiger partial charge in [0.2, 0.25) is 0 Å². The Morgan fingerprint density at radius 1 is 0.615 bits per heavy atom. The topological polar surface area (TPSA) is 146 Å². The summed E-state index contributed by atoms with van der Waals surface area (Å²) in [6.45, 7) is 5.70. The van der Waals surface area contributed by atoms with E-state index >= 15 is 0 Å². The molecule has 0 spiro atoms. The molecule has 0 unspecified atom stereocenters. The third-order valence-electron chi connectivity index (χ3n) is 4.74. The van der Waals surface area contributed by atoms with Gasteiger partial charge in [-0.15, -0.1) is 0 Å². The molecule has 3 heterocycles. The van der Waals surface area contributed by atoms with Crippen molar-refractivity contribution in [2.45, 2.75) is 27.7 Å². The molecule has 3 aromatic heterocycles. The van der Waals surface area contributed by atoms with Gasteiger partial charge in [0.1, 0.15) is 0 Å². The van der Waals surface area contributed by atoms with Crippen LogP contribution in [0.3, 0.4) is 0 Å². The predicted octanol–water partition coefficient (Wildman–Crippen LogP) is 5.56. The minimum Gasteiger partial charge on any atom is -0.512 e. The van der Waals surface area contributed by atoms with E-state index in [1.807, 2.05) is 48.5 Å². The molecule has 0 aliphatic carbocycles. The molecule has 5 aromatic rings. The zero-order chi connectivity index (χ0) is 28.2. The van der Waals surface area contributed by atoms with Gasteiger partial charge in [-0.3, -0.25) is 19.6 Å². The Bertz CT molecular complexity index is 1520. The summed E-state index contributed by atoms with van der Waals surface area (Å²) in [5, 5.41) is 25.7. The molecule has 0 bridgehead atoms. The number of hydrogen-bond donors (Lipinski definition) is 3. The molecule has 0 atom stereocenters. The van der Waals surface area contributed by atoms with Crippen LogP contribution in [-0.2, 0) is 26.4 Å². The van der Waals surface area contributed by atoms with Crippen LogP contribution in [0.25, 0.3) is 43.9 Å². The summed E-state index contributed by atoms with van der Waals surface area (Å²) in [6.07, 6.45) is 5.91. The fourth-order valence-corrected chi connectivity index (χ4v) is 3.53. The third kappa shape index (κ3) is 9.22. The van der Waals surface area contributed by atoms with E-state index in [4.69, 9.17) is 25.3 Å². The van der Waals surface area contributed by atoms with Crippen molar-refractivity contribution in [3.8, 4) is 0 Å². The summed E-state index contributed by atoms with van der Waals surface area (Å²) in [7, 11) is 1.00. The zero-order valence-electron chi connectivity index (χ0n) is 22.2. The Morgan fingerprint density at radius 2 is 0.974 bits per heavy atom. The maximum atomic E-state index is 10.0. The molecule has 0 amide bonds.